The summed E-state index contributed by atoms with van der Waals surface area (Å²) in [5.41, 5.74) is 1.63. The van der Waals surface area contributed by atoms with Crippen molar-refractivity contribution < 1.29 is 23.8 Å². The number of hydrogen-bond acceptors (Lipinski definition) is 8. The number of nitrogens with one attached hydrogen (secondary N) is 2. The molecule has 0 saturated carbocycles. The number of ether oxygens (including phenoxy) is 3. The molecule has 10 nitrogen and oxygen atoms in total. The number of amides is 2. The minimum atomic E-state index is -0.349. The average molecular weight is 603 g/mol. The normalized spacial score (nSPS) is 10.6. The Kier molecular flexibility index (Phi) is 9.75. The average Bonchev–Trinajstić information content (AvgIpc) is 3.38. The van der Waals surface area contributed by atoms with Crippen LogP contribution in [-0.2, 0) is 11.3 Å². The fourth-order valence-electron chi connectivity index (χ4n) is 3.63. The first-order valence-corrected chi connectivity index (χ1v) is 13.5. The lowest BCUT2D eigenvalue weighted by Crippen LogP contribution is -2.24. The van der Waals surface area contributed by atoms with E-state index in [2.05, 4.69) is 20.8 Å². The topological polar surface area (TPSA) is 117 Å². The fraction of sp³-hybridized carbons (Fsp3) is 0.185. The third-order valence-electron chi connectivity index (χ3n) is 5.62. The van der Waals surface area contributed by atoms with E-state index in [0.29, 0.717) is 55.2 Å². The summed E-state index contributed by atoms with van der Waals surface area (Å²) in [6.45, 7) is 0.0407. The number of carbonyl (C=O) groups excluding carboxylic acids is 2. The van der Waals surface area contributed by atoms with Crippen molar-refractivity contribution in [3.63, 3.8) is 0 Å². The van der Waals surface area contributed by atoms with E-state index in [9.17, 15) is 9.59 Å². The molecule has 2 amide bonds. The molecule has 0 saturated heterocycles. The molecule has 0 aliphatic rings. The molecule has 0 unspecified atom stereocenters. The minimum Gasteiger partial charge on any atom is -0.497 e. The third kappa shape index (κ3) is 6.98. The second kappa shape index (κ2) is 13.4. The van der Waals surface area contributed by atoms with Crippen molar-refractivity contribution in [2.75, 3.05) is 32.4 Å². The summed E-state index contributed by atoms with van der Waals surface area (Å²) in [4.78, 5) is 25.5. The molecular formula is C27H25Cl2N5O5S. The Morgan fingerprint density at radius 2 is 1.62 bits per heavy atom. The lowest BCUT2D eigenvalue weighted by Gasteiger charge is -2.13. The maximum Gasteiger partial charge on any atom is 0.251 e. The van der Waals surface area contributed by atoms with Crippen LogP contribution in [0.1, 0.15) is 16.2 Å². The maximum absolute atomic E-state index is 12.9. The minimum absolute atomic E-state index is 0.0407. The molecule has 3 aromatic carbocycles. The number of hydrogen-bond donors (Lipinski definition) is 2. The third-order valence-corrected chi connectivity index (χ3v) is 7.29. The number of methoxy groups -OCH3 is 3. The number of rotatable bonds is 11. The van der Waals surface area contributed by atoms with Crippen LogP contribution >= 0.6 is 35.0 Å². The predicted molar refractivity (Wildman–Crippen MR) is 154 cm³/mol. The monoisotopic (exact) mass is 601 g/mol. The van der Waals surface area contributed by atoms with E-state index >= 15 is 0 Å². The molecule has 1 aromatic heterocycles. The number of aromatic nitrogens is 3. The van der Waals surface area contributed by atoms with Crippen LogP contribution in [0.25, 0.3) is 5.69 Å². The van der Waals surface area contributed by atoms with Crippen LogP contribution in [0, 0.1) is 0 Å². The zero-order valence-corrected chi connectivity index (χ0v) is 24.1. The van der Waals surface area contributed by atoms with Crippen LogP contribution < -0.4 is 24.8 Å². The van der Waals surface area contributed by atoms with E-state index in [1.165, 1.54) is 26.0 Å². The van der Waals surface area contributed by atoms with E-state index in [0.717, 1.165) is 0 Å². The van der Waals surface area contributed by atoms with Gasteiger partial charge in [0.1, 0.15) is 5.75 Å². The largest absolute Gasteiger partial charge is 0.497 e. The molecule has 4 rings (SSSR count). The van der Waals surface area contributed by atoms with Crippen molar-refractivity contribution in [1.82, 2.24) is 20.1 Å². The van der Waals surface area contributed by atoms with E-state index < -0.39 is 0 Å². The lowest BCUT2D eigenvalue weighted by molar-refractivity contribution is -0.113. The van der Waals surface area contributed by atoms with Crippen molar-refractivity contribution in [3.8, 4) is 22.9 Å². The van der Waals surface area contributed by atoms with Gasteiger partial charge in [0.2, 0.25) is 5.91 Å². The Morgan fingerprint density at radius 3 is 2.30 bits per heavy atom. The summed E-state index contributed by atoms with van der Waals surface area (Å²) < 4.78 is 17.4. The highest BCUT2D eigenvalue weighted by atomic mass is 35.5. The van der Waals surface area contributed by atoms with Crippen LogP contribution in [0.4, 0.5) is 5.69 Å². The number of carbonyl (C=O) groups is 2. The van der Waals surface area contributed by atoms with Gasteiger partial charge in [-0.1, -0.05) is 35.0 Å². The highest BCUT2D eigenvalue weighted by Gasteiger charge is 2.19. The summed E-state index contributed by atoms with van der Waals surface area (Å²) in [5, 5.41) is 15.4. The SMILES string of the molecule is COc1ccc(NC(=O)CSc2nnc(CNC(=O)c3ccc(OC)c(OC)c3)n2-c2ccc(Cl)c(Cl)c2)cc1. The van der Waals surface area contributed by atoms with Gasteiger partial charge in [0.25, 0.3) is 5.91 Å². The number of benzene rings is 3. The molecule has 40 heavy (non-hydrogen) atoms. The zero-order valence-electron chi connectivity index (χ0n) is 21.7. The quantitative estimate of drug-likeness (QED) is 0.224. The molecule has 13 heteroatoms. The first-order chi connectivity index (χ1) is 19.3. The van der Waals surface area contributed by atoms with Crippen molar-refractivity contribution in [2.45, 2.75) is 11.7 Å². The fourth-order valence-corrected chi connectivity index (χ4v) is 4.70. The Hall–Kier alpha value is -3.93. The van der Waals surface area contributed by atoms with E-state index in [1.54, 1.807) is 72.3 Å². The van der Waals surface area contributed by atoms with E-state index in [4.69, 9.17) is 37.4 Å². The van der Waals surface area contributed by atoms with Crippen molar-refractivity contribution in [1.29, 1.82) is 0 Å². The van der Waals surface area contributed by atoms with Crippen LogP contribution in [-0.4, -0.2) is 53.7 Å². The van der Waals surface area contributed by atoms with Crippen LogP contribution in [0.5, 0.6) is 17.2 Å². The second-order valence-corrected chi connectivity index (χ2v) is 9.91. The first kappa shape index (κ1) is 29.1. The first-order valence-electron chi connectivity index (χ1n) is 11.8. The summed E-state index contributed by atoms with van der Waals surface area (Å²) in [6, 6.07) is 16.9. The molecular weight excluding hydrogens is 577 g/mol. The molecule has 0 spiro atoms. The number of halogens is 2. The van der Waals surface area contributed by atoms with Gasteiger partial charge in [-0.05, 0) is 60.7 Å². The Labute approximate surface area is 244 Å². The zero-order chi connectivity index (χ0) is 28.6. The standard InChI is InChI=1S/C27H25Cl2N5O5S/c1-37-19-8-5-17(6-9-19)31-25(35)15-40-27-33-32-24(34(27)18-7-10-20(28)21(29)13-18)14-30-26(36)16-4-11-22(38-2)23(12-16)39-3/h4-13H,14-15H2,1-3H3,(H,30,36)(H,31,35). The molecule has 0 bridgehead atoms. The highest BCUT2D eigenvalue weighted by molar-refractivity contribution is 7.99. The molecule has 208 valence electrons. The van der Waals surface area contributed by atoms with Gasteiger partial charge in [-0.2, -0.15) is 0 Å². The van der Waals surface area contributed by atoms with Crippen LogP contribution in [0.15, 0.2) is 65.8 Å². The van der Waals surface area contributed by atoms with Gasteiger partial charge in [-0.3, -0.25) is 14.2 Å². The summed E-state index contributed by atoms with van der Waals surface area (Å²) in [7, 11) is 4.59. The van der Waals surface area contributed by atoms with Gasteiger partial charge < -0.3 is 24.8 Å². The van der Waals surface area contributed by atoms with Crippen LogP contribution in [0.3, 0.4) is 0 Å². The molecule has 4 aromatic rings. The smallest absolute Gasteiger partial charge is 0.251 e. The van der Waals surface area contributed by atoms with Gasteiger partial charge in [0, 0.05) is 11.3 Å². The Balaban J connectivity index is 1.52. The van der Waals surface area contributed by atoms with Gasteiger partial charge in [0.05, 0.1) is 49.4 Å². The van der Waals surface area contributed by atoms with Crippen molar-refractivity contribution in [2.24, 2.45) is 0 Å². The number of nitrogens with zero attached hydrogens (tertiary/aromatic N) is 3. The summed E-state index contributed by atoms with van der Waals surface area (Å²) in [6.07, 6.45) is 0. The molecule has 0 atom stereocenters. The van der Waals surface area contributed by atoms with Crippen molar-refractivity contribution >= 4 is 52.5 Å². The second-order valence-electron chi connectivity index (χ2n) is 8.15. The molecule has 0 aliphatic carbocycles. The summed E-state index contributed by atoms with van der Waals surface area (Å²) in [5.74, 6) is 1.53. The molecule has 0 radical (unpaired) electrons. The van der Waals surface area contributed by atoms with Gasteiger partial charge >= 0.3 is 0 Å². The van der Waals surface area contributed by atoms with Gasteiger partial charge in [-0.25, -0.2) is 0 Å². The van der Waals surface area contributed by atoms with Gasteiger partial charge in [-0.15, -0.1) is 10.2 Å². The van der Waals surface area contributed by atoms with Crippen molar-refractivity contribution in [3.05, 3.63) is 82.1 Å². The summed E-state index contributed by atoms with van der Waals surface area (Å²) >= 11 is 13.6. The molecule has 0 fully saturated rings. The molecule has 1 heterocycles. The van der Waals surface area contributed by atoms with E-state index in [-0.39, 0.29) is 24.1 Å². The van der Waals surface area contributed by atoms with Crippen LogP contribution in [0.2, 0.25) is 10.0 Å². The lowest BCUT2D eigenvalue weighted by atomic mass is 10.2. The molecule has 0 aliphatic heterocycles. The predicted octanol–water partition coefficient (Wildman–Crippen LogP) is 5.26. The molecule has 2 N–H and O–H groups in total. The van der Waals surface area contributed by atoms with E-state index in [1.807, 2.05) is 0 Å². The highest BCUT2D eigenvalue weighted by Crippen LogP contribution is 2.29. The van der Waals surface area contributed by atoms with Gasteiger partial charge in [0.15, 0.2) is 22.5 Å². The number of thioether (sulfide) groups is 1. The maximum atomic E-state index is 12.9. The number of anilines is 1. The Bertz CT molecular complexity index is 1510. The Morgan fingerprint density at radius 1 is 0.875 bits per heavy atom.